The van der Waals surface area contributed by atoms with Crippen LogP contribution in [0.5, 0.6) is 0 Å². The summed E-state index contributed by atoms with van der Waals surface area (Å²) in [5.74, 6) is -1.57. The first-order chi connectivity index (χ1) is 10.3. The molecule has 1 unspecified atom stereocenters. The molecule has 114 valence electrons. The van der Waals surface area contributed by atoms with Crippen LogP contribution in [-0.2, 0) is 6.18 Å². The molecule has 0 aromatic carbocycles. The number of hydrogen-bond acceptors (Lipinski definition) is 5. The third-order valence-corrected chi connectivity index (χ3v) is 3.07. The van der Waals surface area contributed by atoms with Crippen molar-refractivity contribution >= 4 is 12.2 Å². The van der Waals surface area contributed by atoms with E-state index in [4.69, 9.17) is 5.11 Å². The van der Waals surface area contributed by atoms with Crippen molar-refractivity contribution in [3.63, 3.8) is 0 Å². The summed E-state index contributed by atoms with van der Waals surface area (Å²) in [6.45, 7) is 1.63. The van der Waals surface area contributed by atoms with E-state index in [0.29, 0.717) is 0 Å². The Bertz CT molecular complexity index is 797. The van der Waals surface area contributed by atoms with Gasteiger partial charge in [-0.05, 0) is 13.0 Å². The number of pyridine rings is 1. The zero-order valence-corrected chi connectivity index (χ0v) is 11.0. The Morgan fingerprint density at radius 1 is 1.41 bits per heavy atom. The lowest BCUT2D eigenvalue weighted by atomic mass is 10.2. The van der Waals surface area contributed by atoms with Crippen LogP contribution in [0.3, 0.4) is 0 Å². The van der Waals surface area contributed by atoms with Crippen LogP contribution in [0.4, 0.5) is 13.2 Å². The van der Waals surface area contributed by atoms with E-state index in [-0.39, 0.29) is 17.1 Å². The van der Waals surface area contributed by atoms with Crippen LogP contribution in [0.1, 0.15) is 40.7 Å². The minimum atomic E-state index is -4.59. The number of carboxylic acid groups (broad SMARTS) is 1. The van der Waals surface area contributed by atoms with Gasteiger partial charge < -0.3 is 5.11 Å². The van der Waals surface area contributed by atoms with Gasteiger partial charge in [0, 0.05) is 11.8 Å². The van der Waals surface area contributed by atoms with E-state index in [2.05, 4.69) is 20.1 Å². The normalized spacial score (nSPS) is 16.8. The lowest BCUT2D eigenvalue weighted by Crippen LogP contribution is -2.11. The van der Waals surface area contributed by atoms with E-state index in [0.717, 1.165) is 16.9 Å². The molecular formula is C12H8F3N5O2. The molecule has 1 N–H and O–H groups in total. The number of halogens is 3. The van der Waals surface area contributed by atoms with Crippen LogP contribution in [-0.4, -0.2) is 37.0 Å². The summed E-state index contributed by atoms with van der Waals surface area (Å²) in [7, 11) is 0. The van der Waals surface area contributed by atoms with Gasteiger partial charge in [0.15, 0.2) is 5.82 Å². The van der Waals surface area contributed by atoms with Crippen molar-refractivity contribution in [2.45, 2.75) is 19.1 Å². The fourth-order valence-corrected chi connectivity index (χ4v) is 2.02. The summed E-state index contributed by atoms with van der Waals surface area (Å²) >= 11 is 0. The van der Waals surface area contributed by atoms with Gasteiger partial charge in [0.25, 0.3) is 5.82 Å². The number of rotatable bonds is 1. The molecule has 22 heavy (non-hydrogen) atoms. The van der Waals surface area contributed by atoms with Gasteiger partial charge in [0.2, 0.25) is 0 Å². The largest absolute Gasteiger partial charge is 0.475 e. The Morgan fingerprint density at radius 2 is 2.14 bits per heavy atom. The number of hydrogen-bond donors (Lipinski definition) is 1. The summed E-state index contributed by atoms with van der Waals surface area (Å²) in [5, 5.41) is 12.7. The molecule has 7 nitrogen and oxygen atoms in total. The molecular weight excluding hydrogens is 303 g/mol. The Morgan fingerprint density at radius 3 is 2.77 bits per heavy atom. The third kappa shape index (κ3) is 2.22. The van der Waals surface area contributed by atoms with Gasteiger partial charge in [0.05, 0.1) is 11.9 Å². The van der Waals surface area contributed by atoms with Crippen molar-refractivity contribution in [1.82, 2.24) is 19.7 Å². The van der Waals surface area contributed by atoms with Crippen molar-refractivity contribution < 1.29 is 23.1 Å². The molecule has 1 aliphatic heterocycles. The van der Waals surface area contributed by atoms with E-state index >= 15 is 0 Å². The maximum Gasteiger partial charge on any atom is 0.433 e. The molecule has 2 aromatic rings. The number of carboxylic acids is 1. The summed E-state index contributed by atoms with van der Waals surface area (Å²) in [5.41, 5.74) is -0.738. The van der Waals surface area contributed by atoms with Gasteiger partial charge in [-0.3, -0.25) is 4.99 Å². The van der Waals surface area contributed by atoms with E-state index in [1.54, 1.807) is 6.92 Å². The van der Waals surface area contributed by atoms with Gasteiger partial charge in [-0.25, -0.2) is 19.4 Å². The SMILES string of the molecule is CC1N=Cc2cc(C(F)(F)F)ncc2-n2nc(C(=O)O)nc21. The maximum absolute atomic E-state index is 12.7. The summed E-state index contributed by atoms with van der Waals surface area (Å²) < 4.78 is 39.3. The zero-order chi connectivity index (χ0) is 16.1. The van der Waals surface area contributed by atoms with E-state index < -0.39 is 29.7 Å². The van der Waals surface area contributed by atoms with E-state index in [1.807, 2.05) is 0 Å². The Labute approximate surface area is 121 Å². The molecule has 3 rings (SSSR count). The average molecular weight is 311 g/mol. The van der Waals surface area contributed by atoms with Crippen LogP contribution in [0.15, 0.2) is 17.3 Å². The van der Waals surface area contributed by atoms with Crippen LogP contribution < -0.4 is 0 Å². The molecule has 0 amide bonds. The fourth-order valence-electron chi connectivity index (χ4n) is 2.02. The number of alkyl halides is 3. The summed E-state index contributed by atoms with van der Waals surface area (Å²) in [6.07, 6.45) is -2.34. The second-order valence-electron chi connectivity index (χ2n) is 4.59. The lowest BCUT2D eigenvalue weighted by molar-refractivity contribution is -0.141. The highest BCUT2D eigenvalue weighted by atomic mass is 19.4. The molecule has 2 aromatic heterocycles. The zero-order valence-electron chi connectivity index (χ0n) is 11.0. The molecule has 3 heterocycles. The first-order valence-electron chi connectivity index (χ1n) is 6.08. The molecule has 0 bridgehead atoms. The standard InChI is InChI=1S/C12H8F3N5O2/c1-5-10-18-9(11(21)22)19-20(10)7-4-17-8(12(13,14)15)2-6(7)3-16-5/h2-5H,1H3,(H,21,22). The maximum atomic E-state index is 12.7. The highest BCUT2D eigenvalue weighted by molar-refractivity contribution is 5.86. The van der Waals surface area contributed by atoms with Gasteiger partial charge in [-0.15, -0.1) is 5.10 Å². The molecule has 0 fully saturated rings. The van der Waals surface area contributed by atoms with Gasteiger partial charge in [0.1, 0.15) is 11.7 Å². The minimum Gasteiger partial charge on any atom is -0.475 e. The third-order valence-electron chi connectivity index (χ3n) is 3.07. The fraction of sp³-hybridized carbons (Fsp3) is 0.250. The molecule has 0 radical (unpaired) electrons. The molecule has 1 atom stereocenters. The number of aliphatic imine (C=N–C) groups is 1. The van der Waals surface area contributed by atoms with Crippen molar-refractivity contribution in [3.8, 4) is 5.69 Å². The smallest absolute Gasteiger partial charge is 0.433 e. The van der Waals surface area contributed by atoms with Gasteiger partial charge in [-0.1, -0.05) is 0 Å². The Hall–Kier alpha value is -2.78. The highest BCUT2D eigenvalue weighted by Crippen LogP contribution is 2.31. The summed E-state index contributed by atoms with van der Waals surface area (Å²) in [6, 6.07) is 0.283. The van der Waals surface area contributed by atoms with Crippen molar-refractivity contribution in [1.29, 1.82) is 0 Å². The molecule has 0 saturated carbocycles. The highest BCUT2D eigenvalue weighted by Gasteiger charge is 2.34. The van der Waals surface area contributed by atoms with Crippen LogP contribution in [0.2, 0.25) is 0 Å². The number of fused-ring (bicyclic) bond motifs is 3. The van der Waals surface area contributed by atoms with Crippen LogP contribution >= 0.6 is 0 Å². The van der Waals surface area contributed by atoms with Crippen molar-refractivity contribution in [2.24, 2.45) is 4.99 Å². The quantitative estimate of drug-likeness (QED) is 0.868. The predicted molar refractivity (Wildman–Crippen MR) is 67.1 cm³/mol. The minimum absolute atomic E-state index is 0.134. The van der Waals surface area contributed by atoms with Crippen molar-refractivity contribution in [2.75, 3.05) is 0 Å². The monoisotopic (exact) mass is 311 g/mol. The molecule has 1 aliphatic rings. The second-order valence-corrected chi connectivity index (χ2v) is 4.59. The summed E-state index contributed by atoms with van der Waals surface area (Å²) in [4.78, 5) is 22.2. The molecule has 0 aliphatic carbocycles. The number of aromatic carboxylic acids is 1. The number of aromatic nitrogens is 4. The number of carbonyl (C=O) groups is 1. The first kappa shape index (κ1) is 14.2. The average Bonchev–Trinajstić information content (AvgIpc) is 2.84. The molecule has 0 spiro atoms. The lowest BCUT2D eigenvalue weighted by Gasteiger charge is -2.10. The van der Waals surface area contributed by atoms with Gasteiger partial charge in [-0.2, -0.15) is 13.2 Å². The van der Waals surface area contributed by atoms with E-state index in [9.17, 15) is 18.0 Å². The number of nitrogens with zero attached hydrogens (tertiary/aromatic N) is 5. The Balaban J connectivity index is 2.22. The van der Waals surface area contributed by atoms with Gasteiger partial charge >= 0.3 is 12.1 Å². The van der Waals surface area contributed by atoms with Crippen LogP contribution in [0.25, 0.3) is 5.69 Å². The second kappa shape index (κ2) is 4.61. The molecule has 10 heteroatoms. The Kier molecular flexibility index (Phi) is 2.97. The van der Waals surface area contributed by atoms with Crippen LogP contribution in [0, 0.1) is 0 Å². The topological polar surface area (TPSA) is 93.3 Å². The first-order valence-corrected chi connectivity index (χ1v) is 6.08. The van der Waals surface area contributed by atoms with E-state index in [1.165, 1.54) is 6.21 Å². The molecule has 0 saturated heterocycles. The predicted octanol–water partition coefficient (Wildman–Crippen LogP) is 1.87. The van der Waals surface area contributed by atoms with Crippen molar-refractivity contribution in [3.05, 3.63) is 35.2 Å².